The molecule has 0 bridgehead atoms. The smallest absolute Gasteiger partial charge is 0.105 e. The normalized spacial score (nSPS) is 18.9. The van der Waals surface area contributed by atoms with E-state index in [1.165, 1.54) is 12.8 Å². The lowest BCUT2D eigenvalue weighted by Gasteiger charge is -2.21. The largest absolute Gasteiger partial charge is 0.390 e. The zero-order valence-corrected chi connectivity index (χ0v) is 12.0. The summed E-state index contributed by atoms with van der Waals surface area (Å²) in [6.07, 6.45) is 1.51. The molecule has 18 heavy (non-hydrogen) atoms. The molecule has 0 saturated carbocycles. The first-order chi connectivity index (χ1) is 8.72. The quantitative estimate of drug-likeness (QED) is 0.821. The van der Waals surface area contributed by atoms with Crippen molar-refractivity contribution in [3.8, 4) is 0 Å². The van der Waals surface area contributed by atoms with Crippen molar-refractivity contribution in [1.29, 1.82) is 0 Å². The van der Waals surface area contributed by atoms with E-state index in [0.717, 1.165) is 24.3 Å². The minimum Gasteiger partial charge on any atom is -0.390 e. The van der Waals surface area contributed by atoms with Crippen LogP contribution in [0.1, 0.15) is 30.9 Å². The average Bonchev–Trinajstić information content (AvgIpc) is 2.92. The lowest BCUT2D eigenvalue weighted by Crippen LogP contribution is -2.20. The molecule has 1 aromatic rings. The molecular weight excluding hydrogens is 294 g/mol. The predicted molar refractivity (Wildman–Crippen MR) is 77.3 cm³/mol. The van der Waals surface area contributed by atoms with Crippen LogP contribution in [0.5, 0.6) is 0 Å². The van der Waals surface area contributed by atoms with E-state index >= 15 is 0 Å². The van der Waals surface area contributed by atoms with Crippen molar-refractivity contribution < 1.29 is 10.2 Å². The van der Waals surface area contributed by atoms with Crippen molar-refractivity contribution in [2.45, 2.75) is 31.5 Å². The van der Waals surface area contributed by atoms with Gasteiger partial charge in [-0.1, -0.05) is 28.1 Å². The van der Waals surface area contributed by atoms with Crippen LogP contribution in [0, 0.1) is 0 Å². The van der Waals surface area contributed by atoms with Crippen LogP contribution in [0.15, 0.2) is 24.3 Å². The van der Waals surface area contributed by atoms with Gasteiger partial charge in [0.2, 0.25) is 0 Å². The van der Waals surface area contributed by atoms with Crippen LogP contribution in [0.4, 0.5) is 5.69 Å². The van der Waals surface area contributed by atoms with Crippen molar-refractivity contribution >= 4 is 21.6 Å². The standard InChI is InChI=1S/C14H20BrNO2/c15-7-6-13(17)14(18)11-4-3-5-12(10-11)16-8-1-2-9-16/h3-5,10,13-14,17-18H,1-2,6-9H2. The van der Waals surface area contributed by atoms with Crippen LogP contribution in [-0.4, -0.2) is 34.7 Å². The summed E-state index contributed by atoms with van der Waals surface area (Å²) >= 11 is 3.28. The number of aliphatic hydroxyl groups is 2. The Hall–Kier alpha value is -0.580. The number of nitrogens with zero attached hydrogens (tertiary/aromatic N) is 1. The average molecular weight is 314 g/mol. The topological polar surface area (TPSA) is 43.7 Å². The minimum atomic E-state index is -0.801. The third-order valence-corrected chi connectivity index (χ3v) is 3.91. The van der Waals surface area contributed by atoms with Gasteiger partial charge in [0.05, 0.1) is 6.10 Å². The first-order valence-corrected chi connectivity index (χ1v) is 7.61. The summed E-state index contributed by atoms with van der Waals surface area (Å²) in [4.78, 5) is 2.33. The highest BCUT2D eigenvalue weighted by molar-refractivity contribution is 9.09. The Morgan fingerprint density at radius 2 is 1.94 bits per heavy atom. The molecule has 0 aromatic heterocycles. The summed E-state index contributed by atoms with van der Waals surface area (Å²) < 4.78 is 0. The van der Waals surface area contributed by atoms with Gasteiger partial charge in [-0.25, -0.2) is 0 Å². The Morgan fingerprint density at radius 3 is 2.61 bits per heavy atom. The number of alkyl halides is 1. The molecule has 100 valence electrons. The highest BCUT2D eigenvalue weighted by atomic mass is 79.9. The fourth-order valence-corrected chi connectivity index (χ4v) is 2.84. The van der Waals surface area contributed by atoms with Crippen LogP contribution in [0.2, 0.25) is 0 Å². The fraction of sp³-hybridized carbons (Fsp3) is 0.571. The molecule has 2 N–H and O–H groups in total. The molecule has 1 fully saturated rings. The molecule has 2 unspecified atom stereocenters. The first kappa shape index (κ1) is 13.8. The number of aliphatic hydroxyl groups excluding tert-OH is 2. The first-order valence-electron chi connectivity index (χ1n) is 6.49. The van der Waals surface area contributed by atoms with Gasteiger partial charge < -0.3 is 15.1 Å². The summed E-state index contributed by atoms with van der Waals surface area (Å²) in [7, 11) is 0. The van der Waals surface area contributed by atoms with Crippen molar-refractivity contribution in [3.63, 3.8) is 0 Å². The molecule has 1 saturated heterocycles. The number of anilines is 1. The minimum absolute atomic E-state index is 0.551. The van der Waals surface area contributed by atoms with Crippen LogP contribution < -0.4 is 4.90 Å². The van der Waals surface area contributed by atoms with Gasteiger partial charge >= 0.3 is 0 Å². The van der Waals surface area contributed by atoms with E-state index in [2.05, 4.69) is 26.9 Å². The summed E-state index contributed by atoms with van der Waals surface area (Å²) in [5.74, 6) is 0. The lowest BCUT2D eigenvalue weighted by atomic mass is 10.0. The number of halogens is 1. The summed E-state index contributed by atoms with van der Waals surface area (Å²) in [5, 5.41) is 20.6. The Labute approximate surface area is 117 Å². The van der Waals surface area contributed by atoms with E-state index in [9.17, 15) is 10.2 Å². The van der Waals surface area contributed by atoms with Crippen LogP contribution in [0.25, 0.3) is 0 Å². The molecule has 0 spiro atoms. The van der Waals surface area contributed by atoms with Crippen molar-refractivity contribution in [1.82, 2.24) is 0 Å². The summed E-state index contributed by atoms with van der Waals surface area (Å²) in [6, 6.07) is 7.89. The van der Waals surface area contributed by atoms with E-state index in [4.69, 9.17) is 0 Å². The highest BCUT2D eigenvalue weighted by Gasteiger charge is 2.19. The molecular formula is C14H20BrNO2. The molecule has 0 radical (unpaired) electrons. The van der Waals surface area contributed by atoms with Crippen molar-refractivity contribution in [2.24, 2.45) is 0 Å². The Morgan fingerprint density at radius 1 is 1.22 bits per heavy atom. The van der Waals surface area contributed by atoms with Gasteiger partial charge in [-0.15, -0.1) is 0 Å². The maximum Gasteiger partial charge on any atom is 0.105 e. The van der Waals surface area contributed by atoms with Gasteiger partial charge in [0, 0.05) is 24.1 Å². The van der Waals surface area contributed by atoms with E-state index in [-0.39, 0.29) is 0 Å². The van der Waals surface area contributed by atoms with Crippen molar-refractivity contribution in [2.75, 3.05) is 23.3 Å². The maximum absolute atomic E-state index is 10.1. The van der Waals surface area contributed by atoms with Crippen LogP contribution in [-0.2, 0) is 0 Å². The van der Waals surface area contributed by atoms with Crippen molar-refractivity contribution in [3.05, 3.63) is 29.8 Å². The highest BCUT2D eigenvalue weighted by Crippen LogP contribution is 2.26. The predicted octanol–water partition coefficient (Wildman–Crippen LogP) is 2.47. The van der Waals surface area contributed by atoms with Gasteiger partial charge in [-0.05, 0) is 37.0 Å². The van der Waals surface area contributed by atoms with E-state index < -0.39 is 12.2 Å². The van der Waals surface area contributed by atoms with Gasteiger partial charge in [0.15, 0.2) is 0 Å². The number of hydrogen-bond acceptors (Lipinski definition) is 3. The maximum atomic E-state index is 10.1. The SMILES string of the molecule is OC(CCBr)C(O)c1cccc(N2CCCC2)c1. The van der Waals surface area contributed by atoms with E-state index in [1.54, 1.807) is 0 Å². The second-order valence-electron chi connectivity index (χ2n) is 4.78. The third kappa shape index (κ3) is 3.25. The summed E-state index contributed by atoms with van der Waals surface area (Å²) in [5.41, 5.74) is 1.95. The number of rotatable bonds is 5. The molecule has 0 amide bonds. The Balaban J connectivity index is 2.10. The molecule has 2 rings (SSSR count). The van der Waals surface area contributed by atoms with Gasteiger partial charge in [-0.2, -0.15) is 0 Å². The molecule has 1 aromatic carbocycles. The van der Waals surface area contributed by atoms with Gasteiger partial charge in [-0.3, -0.25) is 0 Å². The fourth-order valence-electron chi connectivity index (χ4n) is 2.37. The van der Waals surface area contributed by atoms with E-state index in [0.29, 0.717) is 11.8 Å². The Kier molecular flexibility index (Phi) is 5.03. The lowest BCUT2D eigenvalue weighted by molar-refractivity contribution is 0.0174. The molecule has 1 aliphatic heterocycles. The monoisotopic (exact) mass is 313 g/mol. The zero-order chi connectivity index (χ0) is 13.0. The molecule has 1 aliphatic rings. The number of benzene rings is 1. The molecule has 0 aliphatic carbocycles. The van der Waals surface area contributed by atoms with Gasteiger partial charge in [0.1, 0.15) is 6.10 Å². The van der Waals surface area contributed by atoms with E-state index in [1.807, 2.05) is 18.2 Å². The van der Waals surface area contributed by atoms with Gasteiger partial charge in [0.25, 0.3) is 0 Å². The van der Waals surface area contributed by atoms with Crippen LogP contribution >= 0.6 is 15.9 Å². The Bertz CT molecular complexity index is 380. The molecule has 3 nitrogen and oxygen atoms in total. The summed E-state index contributed by atoms with van der Waals surface area (Å²) in [6.45, 7) is 2.17. The van der Waals surface area contributed by atoms with Crippen LogP contribution in [0.3, 0.4) is 0 Å². The number of hydrogen-bond donors (Lipinski definition) is 2. The molecule has 2 atom stereocenters. The second kappa shape index (κ2) is 6.55. The third-order valence-electron chi connectivity index (χ3n) is 3.45. The molecule has 4 heteroatoms. The second-order valence-corrected chi connectivity index (χ2v) is 5.57. The zero-order valence-electron chi connectivity index (χ0n) is 10.4. The molecule has 1 heterocycles.